The van der Waals surface area contributed by atoms with Crippen LogP contribution in [0.1, 0.15) is 34.7 Å². The Bertz CT molecular complexity index is 1580. The Labute approximate surface area is 237 Å². The molecule has 0 aliphatic rings. The lowest BCUT2D eigenvalue weighted by Crippen LogP contribution is -2.14. The van der Waals surface area contributed by atoms with Crippen LogP contribution in [0.15, 0.2) is 72.3 Å². The second kappa shape index (κ2) is 12.1. The summed E-state index contributed by atoms with van der Waals surface area (Å²) < 4.78 is 13.1. The fourth-order valence-electron chi connectivity index (χ4n) is 4.31. The summed E-state index contributed by atoms with van der Waals surface area (Å²) in [5.41, 5.74) is 5.69. The first-order valence-corrected chi connectivity index (χ1v) is 13.4. The SMILES string of the molecule is CCOc1cc(/C=C(\C#N)C(=O)Nc2ccc(C)cc2C)cc(I)c1OCc1c(C)ccc2ccccc12. The topological polar surface area (TPSA) is 71.3 Å². The normalized spacial score (nSPS) is 11.2. The third-order valence-corrected chi connectivity index (χ3v) is 7.07. The highest BCUT2D eigenvalue weighted by Crippen LogP contribution is 2.36. The van der Waals surface area contributed by atoms with Crippen molar-refractivity contribution < 1.29 is 14.3 Å². The van der Waals surface area contributed by atoms with Gasteiger partial charge in [0, 0.05) is 11.3 Å². The molecule has 0 atom stereocenters. The van der Waals surface area contributed by atoms with Crippen molar-refractivity contribution in [1.82, 2.24) is 0 Å². The van der Waals surface area contributed by atoms with Gasteiger partial charge in [-0.3, -0.25) is 4.79 Å². The number of amides is 1. The van der Waals surface area contributed by atoms with Gasteiger partial charge in [0.25, 0.3) is 5.91 Å². The van der Waals surface area contributed by atoms with E-state index in [1.165, 1.54) is 5.39 Å². The molecule has 4 aromatic rings. The quantitative estimate of drug-likeness (QED) is 0.124. The molecule has 5 nitrogen and oxygen atoms in total. The highest BCUT2D eigenvalue weighted by molar-refractivity contribution is 14.1. The van der Waals surface area contributed by atoms with E-state index in [0.29, 0.717) is 36.0 Å². The van der Waals surface area contributed by atoms with Crippen LogP contribution in [0.2, 0.25) is 0 Å². The number of nitrogens with zero attached hydrogens (tertiary/aromatic N) is 1. The van der Waals surface area contributed by atoms with Crippen molar-refractivity contribution in [2.24, 2.45) is 0 Å². The Balaban J connectivity index is 1.62. The number of fused-ring (bicyclic) bond motifs is 1. The summed E-state index contributed by atoms with van der Waals surface area (Å²) in [6.45, 7) is 8.75. The average Bonchev–Trinajstić information content (AvgIpc) is 2.89. The van der Waals surface area contributed by atoms with Gasteiger partial charge < -0.3 is 14.8 Å². The maximum absolute atomic E-state index is 12.9. The number of nitrogens with one attached hydrogen (secondary N) is 1. The standard InChI is InChI=1S/C32H29IN2O3/c1-5-37-30-17-23(15-25(18-34)32(36)35-29-13-10-20(2)14-22(29)4)16-28(33)31(30)38-19-27-21(3)11-12-24-8-6-7-9-26(24)27/h6-17H,5,19H2,1-4H3,(H,35,36)/b25-15+. The molecule has 0 fully saturated rings. The van der Waals surface area contributed by atoms with E-state index in [-0.39, 0.29) is 5.57 Å². The Kier molecular flexibility index (Phi) is 8.70. The molecule has 4 aromatic carbocycles. The number of ether oxygens (including phenoxy) is 2. The Hall–Kier alpha value is -3.83. The smallest absolute Gasteiger partial charge is 0.266 e. The molecular weight excluding hydrogens is 587 g/mol. The van der Waals surface area contributed by atoms with Crippen molar-refractivity contribution in [2.75, 3.05) is 11.9 Å². The number of anilines is 1. The summed E-state index contributed by atoms with van der Waals surface area (Å²) in [7, 11) is 0. The number of nitriles is 1. The maximum atomic E-state index is 12.9. The molecule has 4 rings (SSSR count). The zero-order chi connectivity index (χ0) is 27.2. The molecule has 1 amide bonds. The van der Waals surface area contributed by atoms with Crippen LogP contribution >= 0.6 is 22.6 Å². The van der Waals surface area contributed by atoms with Crippen LogP contribution in [0, 0.1) is 35.7 Å². The molecule has 0 aliphatic heterocycles. The van der Waals surface area contributed by atoms with Crippen molar-refractivity contribution in [3.63, 3.8) is 0 Å². The minimum atomic E-state index is -0.459. The lowest BCUT2D eigenvalue weighted by Gasteiger charge is -2.17. The van der Waals surface area contributed by atoms with Gasteiger partial charge in [-0.25, -0.2) is 0 Å². The van der Waals surface area contributed by atoms with Crippen LogP contribution in [0.3, 0.4) is 0 Å². The molecule has 0 bridgehead atoms. The molecule has 1 N–H and O–H groups in total. The second-order valence-corrected chi connectivity index (χ2v) is 10.2. The molecule has 6 heteroatoms. The minimum Gasteiger partial charge on any atom is -0.490 e. The minimum absolute atomic E-state index is 0.00303. The molecule has 0 spiro atoms. The van der Waals surface area contributed by atoms with E-state index in [9.17, 15) is 10.1 Å². The highest BCUT2D eigenvalue weighted by Gasteiger charge is 2.16. The lowest BCUT2D eigenvalue weighted by molar-refractivity contribution is -0.112. The highest BCUT2D eigenvalue weighted by atomic mass is 127. The Morgan fingerprint density at radius 3 is 2.53 bits per heavy atom. The van der Waals surface area contributed by atoms with E-state index >= 15 is 0 Å². The molecule has 0 aromatic heterocycles. The monoisotopic (exact) mass is 616 g/mol. The van der Waals surface area contributed by atoms with Crippen molar-refractivity contribution in [2.45, 2.75) is 34.3 Å². The predicted molar refractivity (Wildman–Crippen MR) is 161 cm³/mol. The van der Waals surface area contributed by atoms with Gasteiger partial charge in [-0.1, -0.05) is 54.1 Å². The van der Waals surface area contributed by atoms with Gasteiger partial charge in [0.1, 0.15) is 18.2 Å². The molecule has 0 saturated carbocycles. The van der Waals surface area contributed by atoms with Crippen LogP contribution in [0.5, 0.6) is 11.5 Å². The van der Waals surface area contributed by atoms with Gasteiger partial charge in [0.05, 0.1) is 10.2 Å². The second-order valence-electron chi connectivity index (χ2n) is 9.08. The molecular formula is C32H29IN2O3. The van der Waals surface area contributed by atoms with Gasteiger partial charge in [-0.05, 0) is 102 Å². The molecule has 0 heterocycles. The van der Waals surface area contributed by atoms with E-state index in [1.807, 2.05) is 63.2 Å². The molecule has 38 heavy (non-hydrogen) atoms. The van der Waals surface area contributed by atoms with Gasteiger partial charge in [0.2, 0.25) is 0 Å². The van der Waals surface area contributed by atoms with Gasteiger partial charge >= 0.3 is 0 Å². The first-order valence-electron chi connectivity index (χ1n) is 12.4. The van der Waals surface area contributed by atoms with E-state index in [2.05, 4.69) is 59.1 Å². The van der Waals surface area contributed by atoms with E-state index < -0.39 is 5.91 Å². The number of halogens is 1. The molecule has 0 saturated heterocycles. The number of rotatable bonds is 8. The van der Waals surface area contributed by atoms with Crippen molar-refractivity contribution >= 4 is 51.0 Å². The van der Waals surface area contributed by atoms with Crippen LogP contribution in [-0.2, 0) is 11.4 Å². The van der Waals surface area contributed by atoms with E-state index in [0.717, 1.165) is 31.2 Å². The molecule has 0 aliphatic carbocycles. The molecule has 192 valence electrons. The van der Waals surface area contributed by atoms with Gasteiger partial charge in [-0.2, -0.15) is 5.26 Å². The van der Waals surface area contributed by atoms with Crippen LogP contribution in [0.25, 0.3) is 16.8 Å². The van der Waals surface area contributed by atoms with Crippen LogP contribution in [-0.4, -0.2) is 12.5 Å². The summed E-state index contributed by atoms with van der Waals surface area (Å²) >= 11 is 2.21. The van der Waals surface area contributed by atoms with Gasteiger partial charge in [-0.15, -0.1) is 0 Å². The first kappa shape index (κ1) is 27.2. The number of hydrogen-bond acceptors (Lipinski definition) is 4. The number of hydrogen-bond donors (Lipinski definition) is 1. The number of aryl methyl sites for hydroxylation is 3. The Morgan fingerprint density at radius 2 is 1.79 bits per heavy atom. The maximum Gasteiger partial charge on any atom is 0.266 e. The number of carbonyl (C=O) groups is 1. The van der Waals surface area contributed by atoms with Crippen molar-refractivity contribution in [3.05, 3.63) is 104 Å². The number of benzene rings is 4. The largest absolute Gasteiger partial charge is 0.490 e. The zero-order valence-electron chi connectivity index (χ0n) is 21.9. The fraction of sp³-hybridized carbons (Fsp3) is 0.188. The molecule has 0 unspecified atom stereocenters. The van der Waals surface area contributed by atoms with Gasteiger partial charge in [0.15, 0.2) is 11.5 Å². The third-order valence-electron chi connectivity index (χ3n) is 6.27. The summed E-state index contributed by atoms with van der Waals surface area (Å²) in [6, 6.07) is 24.0. The van der Waals surface area contributed by atoms with E-state index in [1.54, 1.807) is 12.1 Å². The molecule has 0 radical (unpaired) electrons. The summed E-state index contributed by atoms with van der Waals surface area (Å²) in [5.74, 6) is 0.741. The summed E-state index contributed by atoms with van der Waals surface area (Å²) in [4.78, 5) is 12.9. The van der Waals surface area contributed by atoms with Crippen molar-refractivity contribution in [3.8, 4) is 17.6 Å². The first-order chi connectivity index (χ1) is 18.3. The number of carbonyl (C=O) groups excluding carboxylic acids is 1. The van der Waals surface area contributed by atoms with E-state index in [4.69, 9.17) is 9.47 Å². The fourth-order valence-corrected chi connectivity index (χ4v) is 5.10. The van der Waals surface area contributed by atoms with Crippen molar-refractivity contribution in [1.29, 1.82) is 5.26 Å². The lowest BCUT2D eigenvalue weighted by atomic mass is 10.0. The zero-order valence-corrected chi connectivity index (χ0v) is 24.0. The predicted octanol–water partition coefficient (Wildman–Crippen LogP) is 7.89. The van der Waals surface area contributed by atoms with Crippen LogP contribution in [0.4, 0.5) is 5.69 Å². The Morgan fingerprint density at radius 1 is 1.00 bits per heavy atom. The summed E-state index contributed by atoms with van der Waals surface area (Å²) in [5, 5.41) is 14.9. The average molecular weight is 616 g/mol. The van der Waals surface area contributed by atoms with Crippen LogP contribution < -0.4 is 14.8 Å². The third kappa shape index (κ3) is 6.17. The summed E-state index contributed by atoms with van der Waals surface area (Å²) in [6.07, 6.45) is 1.57.